The smallest absolute Gasteiger partial charge is 0.377 e. The van der Waals surface area contributed by atoms with Crippen molar-refractivity contribution in [2.75, 3.05) is 0 Å². The van der Waals surface area contributed by atoms with Gasteiger partial charge in [0, 0.05) is 5.56 Å². The Labute approximate surface area is 105 Å². The van der Waals surface area contributed by atoms with Crippen LogP contribution in [-0.4, -0.2) is 16.9 Å². The molecule has 2 aromatic carbocycles. The highest BCUT2D eigenvalue weighted by Crippen LogP contribution is 2.11. The van der Waals surface area contributed by atoms with E-state index in [9.17, 15) is 9.59 Å². The molecule has 0 atom stereocenters. The third-order valence-corrected chi connectivity index (χ3v) is 2.66. The maximum atomic E-state index is 11.2. The summed E-state index contributed by atoms with van der Waals surface area (Å²) < 4.78 is 0. The molecule has 0 unspecified atom stereocenters. The van der Waals surface area contributed by atoms with Crippen LogP contribution in [0.1, 0.15) is 21.5 Å². The molecular weight excluding hydrogens is 228 g/mol. The molecule has 90 valence electrons. The zero-order valence-corrected chi connectivity index (χ0v) is 9.67. The van der Waals surface area contributed by atoms with Gasteiger partial charge >= 0.3 is 5.97 Å². The van der Waals surface area contributed by atoms with E-state index in [0.717, 1.165) is 12.0 Å². The van der Waals surface area contributed by atoms with Crippen molar-refractivity contribution >= 4 is 11.8 Å². The van der Waals surface area contributed by atoms with Crippen molar-refractivity contribution in [3.05, 3.63) is 71.3 Å². The molecule has 0 heterocycles. The maximum absolute atomic E-state index is 11.2. The van der Waals surface area contributed by atoms with Gasteiger partial charge in [-0.05, 0) is 17.5 Å². The van der Waals surface area contributed by atoms with E-state index < -0.39 is 11.8 Å². The van der Waals surface area contributed by atoms with Gasteiger partial charge in [0.25, 0.3) is 5.78 Å². The minimum atomic E-state index is -1.43. The third-order valence-electron chi connectivity index (χ3n) is 2.66. The van der Waals surface area contributed by atoms with Gasteiger partial charge in [-0.2, -0.15) is 0 Å². The van der Waals surface area contributed by atoms with Crippen molar-refractivity contribution in [1.29, 1.82) is 0 Å². The monoisotopic (exact) mass is 240 g/mol. The summed E-state index contributed by atoms with van der Waals surface area (Å²) in [6.07, 6.45) is 0.766. The first-order valence-electron chi connectivity index (χ1n) is 5.57. The van der Waals surface area contributed by atoms with E-state index in [1.165, 1.54) is 5.56 Å². The molecule has 0 amide bonds. The number of carboxylic acids is 1. The van der Waals surface area contributed by atoms with E-state index in [4.69, 9.17) is 5.11 Å². The molecule has 18 heavy (non-hydrogen) atoms. The van der Waals surface area contributed by atoms with Gasteiger partial charge in [0.15, 0.2) is 0 Å². The summed E-state index contributed by atoms with van der Waals surface area (Å²) in [4.78, 5) is 21.7. The van der Waals surface area contributed by atoms with Crippen LogP contribution in [0.2, 0.25) is 0 Å². The number of Topliss-reactive ketones (excluding diaryl/α,β-unsaturated/α-hetero) is 1. The second-order valence-electron chi connectivity index (χ2n) is 3.99. The fourth-order valence-electron chi connectivity index (χ4n) is 1.73. The second-order valence-corrected chi connectivity index (χ2v) is 3.99. The topological polar surface area (TPSA) is 54.4 Å². The molecule has 1 N–H and O–H groups in total. The minimum absolute atomic E-state index is 0.208. The molecule has 3 heteroatoms. The van der Waals surface area contributed by atoms with Crippen LogP contribution < -0.4 is 0 Å². The van der Waals surface area contributed by atoms with E-state index in [0.29, 0.717) is 0 Å². The van der Waals surface area contributed by atoms with Crippen LogP contribution in [0.5, 0.6) is 0 Å². The standard InChI is InChI=1S/C15H12O3/c16-14(15(17)18)13-8-6-12(7-9-13)10-11-4-2-1-3-5-11/h1-9H,10H2,(H,17,18). The number of carboxylic acid groups (broad SMARTS) is 1. The number of benzene rings is 2. The molecule has 0 aromatic heterocycles. The van der Waals surface area contributed by atoms with Gasteiger partial charge in [-0.25, -0.2) is 4.79 Å². The first-order chi connectivity index (χ1) is 8.66. The fraction of sp³-hybridized carbons (Fsp3) is 0.0667. The number of aliphatic carboxylic acids is 1. The normalized spacial score (nSPS) is 10.0. The molecule has 0 saturated carbocycles. The molecule has 0 spiro atoms. The molecule has 0 aliphatic heterocycles. The van der Waals surface area contributed by atoms with Crippen molar-refractivity contribution in [3.63, 3.8) is 0 Å². The average Bonchev–Trinajstić information content (AvgIpc) is 2.40. The number of carbonyl (C=O) groups excluding carboxylic acids is 1. The highest BCUT2D eigenvalue weighted by Gasteiger charge is 2.13. The molecule has 0 saturated heterocycles. The SMILES string of the molecule is O=C(O)C(=O)c1ccc(Cc2ccccc2)cc1. The molecule has 0 aliphatic carbocycles. The lowest BCUT2D eigenvalue weighted by Crippen LogP contribution is -2.12. The van der Waals surface area contributed by atoms with E-state index >= 15 is 0 Å². The van der Waals surface area contributed by atoms with Crippen molar-refractivity contribution in [1.82, 2.24) is 0 Å². The van der Waals surface area contributed by atoms with Crippen molar-refractivity contribution in [2.24, 2.45) is 0 Å². The Balaban J connectivity index is 2.13. The largest absolute Gasteiger partial charge is 0.475 e. The van der Waals surface area contributed by atoms with Gasteiger partial charge in [-0.15, -0.1) is 0 Å². The highest BCUT2D eigenvalue weighted by atomic mass is 16.4. The molecule has 3 nitrogen and oxygen atoms in total. The fourth-order valence-corrected chi connectivity index (χ4v) is 1.73. The summed E-state index contributed by atoms with van der Waals surface area (Å²) in [5.41, 5.74) is 2.43. The molecule has 0 radical (unpaired) electrons. The summed E-state index contributed by atoms with van der Waals surface area (Å²) >= 11 is 0. The second kappa shape index (κ2) is 5.27. The predicted octanol–water partition coefficient (Wildman–Crippen LogP) is 2.54. The Bertz CT molecular complexity index is 556. The van der Waals surface area contributed by atoms with Crippen LogP contribution in [0.25, 0.3) is 0 Å². The molecule has 2 aromatic rings. The van der Waals surface area contributed by atoms with Gasteiger partial charge in [-0.1, -0.05) is 54.6 Å². The quantitative estimate of drug-likeness (QED) is 0.660. The van der Waals surface area contributed by atoms with Crippen LogP contribution in [0.4, 0.5) is 0 Å². The highest BCUT2D eigenvalue weighted by molar-refractivity contribution is 6.39. The molecule has 0 bridgehead atoms. The molecule has 0 fully saturated rings. The van der Waals surface area contributed by atoms with E-state index in [2.05, 4.69) is 0 Å². The number of hydrogen-bond acceptors (Lipinski definition) is 2. The Kier molecular flexibility index (Phi) is 3.53. The summed E-state index contributed by atoms with van der Waals surface area (Å²) in [7, 11) is 0. The van der Waals surface area contributed by atoms with Crippen molar-refractivity contribution < 1.29 is 14.7 Å². The van der Waals surface area contributed by atoms with Gasteiger partial charge in [-0.3, -0.25) is 4.79 Å². The van der Waals surface area contributed by atoms with Crippen LogP contribution >= 0.6 is 0 Å². The molecular formula is C15H12O3. The Morgan fingerprint density at radius 1 is 0.833 bits per heavy atom. The van der Waals surface area contributed by atoms with E-state index in [1.807, 2.05) is 30.3 Å². The van der Waals surface area contributed by atoms with Crippen molar-refractivity contribution in [3.8, 4) is 0 Å². The van der Waals surface area contributed by atoms with E-state index in [-0.39, 0.29) is 5.56 Å². The Morgan fingerprint density at radius 3 is 1.94 bits per heavy atom. The first kappa shape index (κ1) is 12.0. The lowest BCUT2D eigenvalue weighted by Gasteiger charge is -2.02. The van der Waals surface area contributed by atoms with Crippen molar-refractivity contribution in [2.45, 2.75) is 6.42 Å². The Hall–Kier alpha value is -2.42. The van der Waals surface area contributed by atoms with E-state index in [1.54, 1.807) is 24.3 Å². The maximum Gasteiger partial charge on any atom is 0.377 e. The predicted molar refractivity (Wildman–Crippen MR) is 67.7 cm³/mol. The summed E-state index contributed by atoms with van der Waals surface area (Å²) in [5.74, 6) is -2.30. The minimum Gasteiger partial charge on any atom is -0.475 e. The van der Waals surface area contributed by atoms with Crippen LogP contribution in [0.15, 0.2) is 54.6 Å². The molecule has 0 aliphatic rings. The van der Waals surface area contributed by atoms with Crippen LogP contribution in [0.3, 0.4) is 0 Å². The average molecular weight is 240 g/mol. The number of carbonyl (C=O) groups is 2. The summed E-state index contributed by atoms with van der Waals surface area (Å²) in [5, 5.41) is 8.59. The van der Waals surface area contributed by atoms with Crippen LogP contribution in [0, 0.1) is 0 Å². The lowest BCUT2D eigenvalue weighted by atomic mass is 10.0. The Morgan fingerprint density at radius 2 is 1.39 bits per heavy atom. The first-order valence-corrected chi connectivity index (χ1v) is 5.57. The molecule has 2 rings (SSSR count). The summed E-state index contributed by atoms with van der Waals surface area (Å²) in [6.45, 7) is 0. The lowest BCUT2D eigenvalue weighted by molar-refractivity contribution is -0.131. The van der Waals surface area contributed by atoms with Gasteiger partial charge in [0.1, 0.15) is 0 Å². The van der Waals surface area contributed by atoms with Gasteiger partial charge < -0.3 is 5.11 Å². The number of rotatable bonds is 4. The summed E-state index contributed by atoms with van der Waals surface area (Å²) in [6, 6.07) is 16.6. The van der Waals surface area contributed by atoms with Gasteiger partial charge in [0.2, 0.25) is 0 Å². The van der Waals surface area contributed by atoms with Gasteiger partial charge in [0.05, 0.1) is 0 Å². The zero-order chi connectivity index (χ0) is 13.0. The zero-order valence-electron chi connectivity index (χ0n) is 9.67. The van der Waals surface area contributed by atoms with Crippen LogP contribution in [-0.2, 0) is 11.2 Å². The number of ketones is 1. The number of hydrogen-bond donors (Lipinski definition) is 1. The third kappa shape index (κ3) is 2.83.